The highest BCUT2D eigenvalue weighted by Crippen LogP contribution is 2.38. The lowest BCUT2D eigenvalue weighted by atomic mass is 9.93. The maximum Gasteiger partial charge on any atom is 0.130 e. The van der Waals surface area contributed by atoms with Gasteiger partial charge in [-0.3, -0.25) is 0 Å². The van der Waals surface area contributed by atoms with E-state index in [2.05, 4.69) is 11.4 Å². The molecular weight excluding hydrogens is 369 g/mol. The number of hydrogen-bond donors (Lipinski definition) is 1. The van der Waals surface area contributed by atoms with Gasteiger partial charge < -0.3 is 19.5 Å². The van der Waals surface area contributed by atoms with E-state index in [-0.39, 0.29) is 18.0 Å². The van der Waals surface area contributed by atoms with Crippen LogP contribution in [0.4, 0.5) is 4.39 Å². The molecule has 1 aliphatic carbocycles. The van der Waals surface area contributed by atoms with Crippen LogP contribution in [0.5, 0.6) is 11.5 Å². The minimum absolute atomic E-state index is 0.201. The molecule has 1 fully saturated rings. The van der Waals surface area contributed by atoms with Crippen molar-refractivity contribution in [3.8, 4) is 11.5 Å². The highest BCUT2D eigenvalue weighted by atomic mass is 19.1. The summed E-state index contributed by atoms with van der Waals surface area (Å²) in [4.78, 5) is 0. The Kier molecular flexibility index (Phi) is 6.67. The smallest absolute Gasteiger partial charge is 0.130 e. The van der Waals surface area contributed by atoms with Crippen molar-refractivity contribution in [2.24, 2.45) is 0 Å². The van der Waals surface area contributed by atoms with Gasteiger partial charge in [0, 0.05) is 25.3 Å². The van der Waals surface area contributed by atoms with Crippen LogP contribution in [0.25, 0.3) is 0 Å². The van der Waals surface area contributed by atoms with E-state index in [1.807, 2.05) is 24.3 Å². The van der Waals surface area contributed by atoms with Crippen LogP contribution in [0.15, 0.2) is 42.5 Å². The second-order valence-corrected chi connectivity index (χ2v) is 7.97. The summed E-state index contributed by atoms with van der Waals surface area (Å²) in [5, 5.41) is 3.55. The van der Waals surface area contributed by atoms with E-state index in [0.717, 1.165) is 68.7 Å². The molecule has 1 unspecified atom stereocenters. The molecule has 4 rings (SSSR count). The number of methoxy groups -OCH3 is 1. The van der Waals surface area contributed by atoms with Crippen LogP contribution in [-0.4, -0.2) is 32.4 Å². The molecule has 4 nitrogen and oxygen atoms in total. The van der Waals surface area contributed by atoms with Crippen molar-refractivity contribution in [2.45, 2.75) is 56.8 Å². The first-order valence-electron chi connectivity index (χ1n) is 10.7. The standard InChI is InChI=1S/C24H30FNO3/c1-27-15-14-26-18-7-9-19(10-8-18)28-20-11-13-23-17(16-20)6-12-24(29-23)21-4-2-3-5-22(21)25/h2-5,11,13,16,18-19,24,26H,6-10,12,14-15H2,1H3. The van der Waals surface area contributed by atoms with E-state index in [9.17, 15) is 4.39 Å². The fourth-order valence-electron chi connectivity index (χ4n) is 4.34. The number of rotatable bonds is 7. The van der Waals surface area contributed by atoms with E-state index < -0.39 is 0 Å². The van der Waals surface area contributed by atoms with Crippen molar-refractivity contribution in [2.75, 3.05) is 20.3 Å². The van der Waals surface area contributed by atoms with E-state index in [0.29, 0.717) is 11.6 Å². The predicted molar refractivity (Wildman–Crippen MR) is 111 cm³/mol. The Labute approximate surface area is 172 Å². The predicted octanol–water partition coefficient (Wildman–Crippen LogP) is 4.82. The van der Waals surface area contributed by atoms with Gasteiger partial charge in [0.15, 0.2) is 0 Å². The zero-order valence-electron chi connectivity index (χ0n) is 17.0. The van der Waals surface area contributed by atoms with Crippen LogP contribution in [0.1, 0.15) is 49.3 Å². The van der Waals surface area contributed by atoms with Crippen molar-refractivity contribution in [1.82, 2.24) is 5.32 Å². The normalized spacial score (nSPS) is 23.9. The Morgan fingerprint density at radius 2 is 1.90 bits per heavy atom. The third kappa shape index (κ3) is 5.09. The van der Waals surface area contributed by atoms with Crippen molar-refractivity contribution in [3.05, 3.63) is 59.4 Å². The molecule has 1 saturated carbocycles. The van der Waals surface area contributed by atoms with Gasteiger partial charge in [-0.25, -0.2) is 4.39 Å². The zero-order chi connectivity index (χ0) is 20.1. The first-order chi connectivity index (χ1) is 14.2. The molecule has 1 aliphatic heterocycles. The van der Waals surface area contributed by atoms with E-state index in [1.165, 1.54) is 6.07 Å². The fraction of sp³-hybridized carbons (Fsp3) is 0.500. The zero-order valence-corrected chi connectivity index (χ0v) is 17.0. The average Bonchev–Trinajstić information content (AvgIpc) is 2.75. The van der Waals surface area contributed by atoms with Gasteiger partial charge in [-0.1, -0.05) is 18.2 Å². The molecule has 1 heterocycles. The van der Waals surface area contributed by atoms with Gasteiger partial charge in [0.05, 0.1) is 12.7 Å². The Balaban J connectivity index is 1.31. The van der Waals surface area contributed by atoms with E-state index in [1.54, 1.807) is 13.2 Å². The van der Waals surface area contributed by atoms with Gasteiger partial charge >= 0.3 is 0 Å². The minimum atomic E-state index is -0.226. The number of hydrogen-bond acceptors (Lipinski definition) is 4. The summed E-state index contributed by atoms with van der Waals surface area (Å²) in [5.41, 5.74) is 1.78. The molecule has 1 atom stereocenters. The van der Waals surface area contributed by atoms with Gasteiger partial charge in [0.1, 0.15) is 23.4 Å². The van der Waals surface area contributed by atoms with E-state index in [4.69, 9.17) is 14.2 Å². The molecule has 0 bridgehead atoms. The van der Waals surface area contributed by atoms with Crippen LogP contribution in [0.3, 0.4) is 0 Å². The topological polar surface area (TPSA) is 39.7 Å². The Morgan fingerprint density at radius 3 is 2.69 bits per heavy atom. The summed E-state index contributed by atoms with van der Waals surface area (Å²) >= 11 is 0. The van der Waals surface area contributed by atoms with Crippen molar-refractivity contribution >= 4 is 0 Å². The largest absolute Gasteiger partial charge is 0.490 e. The third-order valence-electron chi connectivity index (χ3n) is 5.95. The second kappa shape index (κ2) is 9.59. The summed E-state index contributed by atoms with van der Waals surface area (Å²) in [6.45, 7) is 1.66. The van der Waals surface area contributed by atoms with E-state index >= 15 is 0 Å². The van der Waals surface area contributed by atoms with Crippen LogP contribution < -0.4 is 14.8 Å². The maximum absolute atomic E-state index is 14.1. The van der Waals surface area contributed by atoms with Gasteiger partial charge in [-0.15, -0.1) is 0 Å². The Hall–Kier alpha value is -2.11. The van der Waals surface area contributed by atoms with Crippen molar-refractivity contribution < 1.29 is 18.6 Å². The minimum Gasteiger partial charge on any atom is -0.490 e. The lowest BCUT2D eigenvalue weighted by Crippen LogP contribution is -2.37. The number of ether oxygens (including phenoxy) is 3. The molecule has 0 aromatic heterocycles. The Bertz CT molecular complexity index is 804. The van der Waals surface area contributed by atoms with Crippen LogP contribution >= 0.6 is 0 Å². The van der Waals surface area contributed by atoms with Gasteiger partial charge in [-0.05, 0) is 68.4 Å². The second-order valence-electron chi connectivity index (χ2n) is 7.97. The summed E-state index contributed by atoms with van der Waals surface area (Å²) in [6, 6.07) is 13.5. The van der Waals surface area contributed by atoms with Gasteiger partial charge in [0.25, 0.3) is 0 Å². The summed E-state index contributed by atoms with van der Waals surface area (Å²) in [6.07, 6.45) is 6.07. The SMILES string of the molecule is COCCNC1CCC(Oc2ccc3c(c2)CCC(c2ccccc2F)O3)CC1. The number of halogens is 1. The molecular formula is C24H30FNO3. The summed E-state index contributed by atoms with van der Waals surface area (Å²) in [7, 11) is 1.73. The maximum atomic E-state index is 14.1. The van der Waals surface area contributed by atoms with Gasteiger partial charge in [-0.2, -0.15) is 0 Å². The first kappa shape index (κ1) is 20.2. The molecule has 5 heteroatoms. The van der Waals surface area contributed by atoms with Gasteiger partial charge in [0.2, 0.25) is 0 Å². The highest BCUT2D eigenvalue weighted by Gasteiger charge is 2.25. The molecule has 156 valence electrons. The van der Waals surface area contributed by atoms with Crippen molar-refractivity contribution in [1.29, 1.82) is 0 Å². The molecule has 0 spiro atoms. The number of fused-ring (bicyclic) bond motifs is 1. The molecule has 2 aromatic rings. The monoisotopic (exact) mass is 399 g/mol. The van der Waals surface area contributed by atoms with Crippen LogP contribution in [-0.2, 0) is 11.2 Å². The molecule has 2 aromatic carbocycles. The average molecular weight is 400 g/mol. The molecule has 0 radical (unpaired) electrons. The molecule has 1 N–H and O–H groups in total. The van der Waals surface area contributed by atoms with Crippen molar-refractivity contribution in [3.63, 3.8) is 0 Å². The first-order valence-corrected chi connectivity index (χ1v) is 10.7. The number of benzene rings is 2. The lowest BCUT2D eigenvalue weighted by Gasteiger charge is -2.30. The quantitative estimate of drug-likeness (QED) is 0.678. The Morgan fingerprint density at radius 1 is 1.07 bits per heavy atom. The molecule has 2 aliphatic rings. The number of aryl methyl sites for hydroxylation is 1. The lowest BCUT2D eigenvalue weighted by molar-refractivity contribution is 0.133. The summed E-state index contributed by atoms with van der Waals surface area (Å²) in [5.74, 6) is 1.55. The van der Waals surface area contributed by atoms with Crippen LogP contribution in [0, 0.1) is 5.82 Å². The number of nitrogens with one attached hydrogen (secondary N) is 1. The molecule has 0 amide bonds. The van der Waals surface area contributed by atoms with Crippen LogP contribution in [0.2, 0.25) is 0 Å². The fourth-order valence-corrected chi connectivity index (χ4v) is 4.34. The molecule has 0 saturated heterocycles. The third-order valence-corrected chi connectivity index (χ3v) is 5.95. The summed E-state index contributed by atoms with van der Waals surface area (Å²) < 4.78 is 31.5. The molecule has 29 heavy (non-hydrogen) atoms. The highest BCUT2D eigenvalue weighted by molar-refractivity contribution is 5.42.